The summed E-state index contributed by atoms with van der Waals surface area (Å²) in [4.78, 5) is 9.64. The van der Waals surface area contributed by atoms with Gasteiger partial charge in [0.05, 0.1) is 4.92 Å². The number of phenols is 1. The first kappa shape index (κ1) is 8.32. The summed E-state index contributed by atoms with van der Waals surface area (Å²) < 4.78 is 0. The van der Waals surface area contributed by atoms with Gasteiger partial charge in [-0.1, -0.05) is 0 Å². The van der Waals surface area contributed by atoms with Gasteiger partial charge in [-0.25, -0.2) is 0 Å². The van der Waals surface area contributed by atoms with Crippen LogP contribution in [0.25, 0.3) is 0 Å². The van der Waals surface area contributed by atoms with E-state index in [0.717, 1.165) is 0 Å². The summed E-state index contributed by atoms with van der Waals surface area (Å²) >= 11 is 0. The van der Waals surface area contributed by atoms with Crippen molar-refractivity contribution < 1.29 is 10.0 Å². The number of aromatic hydroxyl groups is 1. The van der Waals surface area contributed by atoms with Crippen molar-refractivity contribution in [2.75, 3.05) is 5.73 Å². The van der Waals surface area contributed by atoms with Crippen molar-refractivity contribution in [3.63, 3.8) is 0 Å². The molecule has 0 aromatic heterocycles. The van der Waals surface area contributed by atoms with E-state index in [-0.39, 0.29) is 5.69 Å². The van der Waals surface area contributed by atoms with Crippen LogP contribution >= 0.6 is 0 Å². The fraction of sp³-hybridized carbons (Fsp3) is 0.143. The van der Waals surface area contributed by atoms with E-state index >= 15 is 0 Å². The van der Waals surface area contributed by atoms with Crippen LogP contribution < -0.4 is 5.73 Å². The second-order valence-corrected chi connectivity index (χ2v) is 2.45. The Kier molecular flexibility index (Phi) is 1.86. The fourth-order valence-corrected chi connectivity index (χ4v) is 0.844. The second kappa shape index (κ2) is 2.69. The molecule has 0 bridgehead atoms. The third kappa shape index (κ3) is 1.29. The van der Waals surface area contributed by atoms with Gasteiger partial charge in [0.25, 0.3) is 0 Å². The highest BCUT2D eigenvalue weighted by molar-refractivity contribution is 5.59. The smallest absolute Gasteiger partial charge is 0.311 e. The van der Waals surface area contributed by atoms with Crippen LogP contribution in [0, 0.1) is 17.0 Å². The van der Waals surface area contributed by atoms with E-state index in [1.165, 1.54) is 12.1 Å². The highest BCUT2D eigenvalue weighted by atomic mass is 16.6. The number of nitro benzene ring substituents is 1. The van der Waals surface area contributed by atoms with Crippen LogP contribution in [0.4, 0.5) is 11.4 Å². The molecule has 0 heterocycles. The predicted molar refractivity (Wildman–Crippen MR) is 43.9 cm³/mol. The molecule has 0 radical (unpaired) electrons. The maximum Gasteiger partial charge on any atom is 0.311 e. The molecular weight excluding hydrogens is 160 g/mol. The van der Waals surface area contributed by atoms with Crippen molar-refractivity contribution in [1.82, 2.24) is 0 Å². The fourth-order valence-electron chi connectivity index (χ4n) is 0.844. The highest BCUT2D eigenvalue weighted by Gasteiger charge is 2.14. The van der Waals surface area contributed by atoms with E-state index in [4.69, 9.17) is 10.8 Å². The summed E-state index contributed by atoms with van der Waals surface area (Å²) in [5.74, 6) is -0.400. The number of phenolic OH excluding ortho intramolecular Hbond substituents is 1. The van der Waals surface area contributed by atoms with Crippen LogP contribution in [0.2, 0.25) is 0 Å². The van der Waals surface area contributed by atoms with Gasteiger partial charge < -0.3 is 10.8 Å². The van der Waals surface area contributed by atoms with E-state index in [2.05, 4.69) is 0 Å². The van der Waals surface area contributed by atoms with Gasteiger partial charge in [0.1, 0.15) is 0 Å². The minimum absolute atomic E-state index is 0.318. The zero-order valence-corrected chi connectivity index (χ0v) is 6.44. The lowest BCUT2D eigenvalue weighted by Gasteiger charge is -2.00. The van der Waals surface area contributed by atoms with E-state index in [1.54, 1.807) is 6.92 Å². The first-order valence-electron chi connectivity index (χ1n) is 3.26. The van der Waals surface area contributed by atoms with Crippen LogP contribution in [0.15, 0.2) is 12.1 Å². The predicted octanol–water partition coefficient (Wildman–Crippen LogP) is 1.19. The highest BCUT2D eigenvalue weighted by Crippen LogP contribution is 2.29. The Morgan fingerprint density at radius 1 is 1.58 bits per heavy atom. The van der Waals surface area contributed by atoms with Crippen molar-refractivity contribution in [2.45, 2.75) is 6.92 Å². The van der Waals surface area contributed by atoms with Gasteiger partial charge in [-0.3, -0.25) is 10.1 Å². The molecule has 0 aliphatic heterocycles. The Bertz CT molecular complexity index is 336. The van der Waals surface area contributed by atoms with Gasteiger partial charge in [-0.15, -0.1) is 0 Å². The number of nitrogens with zero attached hydrogens (tertiary/aromatic N) is 1. The van der Waals surface area contributed by atoms with Gasteiger partial charge in [0.2, 0.25) is 0 Å². The molecule has 0 atom stereocenters. The first-order valence-corrected chi connectivity index (χ1v) is 3.26. The average molecular weight is 168 g/mol. The Labute approximate surface area is 68.6 Å². The molecule has 0 aliphatic carbocycles. The van der Waals surface area contributed by atoms with Crippen LogP contribution in [-0.4, -0.2) is 10.0 Å². The van der Waals surface area contributed by atoms with Crippen molar-refractivity contribution in [1.29, 1.82) is 0 Å². The maximum absolute atomic E-state index is 10.3. The number of benzene rings is 1. The average Bonchev–Trinajstić information content (AvgIpc) is 1.96. The van der Waals surface area contributed by atoms with Crippen molar-refractivity contribution in [2.24, 2.45) is 0 Å². The molecule has 64 valence electrons. The first-order chi connectivity index (χ1) is 5.52. The molecule has 0 unspecified atom stereocenters. The molecule has 3 N–H and O–H groups in total. The molecular formula is C7H8N2O3. The molecule has 0 saturated heterocycles. The molecule has 1 aromatic rings. The number of nitrogens with two attached hydrogens (primary N) is 1. The van der Waals surface area contributed by atoms with Gasteiger partial charge in [0.15, 0.2) is 5.75 Å². The number of nitro groups is 1. The second-order valence-electron chi connectivity index (χ2n) is 2.45. The number of anilines is 1. The Morgan fingerprint density at radius 2 is 2.17 bits per heavy atom. The Morgan fingerprint density at radius 3 is 2.67 bits per heavy atom. The molecule has 0 spiro atoms. The monoisotopic (exact) mass is 168 g/mol. The summed E-state index contributed by atoms with van der Waals surface area (Å²) in [6.45, 7) is 1.64. The topological polar surface area (TPSA) is 89.4 Å². The maximum atomic E-state index is 10.3. The number of aryl methyl sites for hydroxylation is 1. The molecule has 5 nitrogen and oxygen atoms in total. The van der Waals surface area contributed by atoms with Crippen LogP contribution in [0.1, 0.15) is 5.56 Å². The zero-order chi connectivity index (χ0) is 9.30. The van der Waals surface area contributed by atoms with Crippen molar-refractivity contribution in [3.05, 3.63) is 27.8 Å². The minimum atomic E-state index is -0.651. The van der Waals surface area contributed by atoms with E-state index in [0.29, 0.717) is 11.3 Å². The lowest BCUT2D eigenvalue weighted by Crippen LogP contribution is -1.93. The van der Waals surface area contributed by atoms with Crippen LogP contribution in [0.5, 0.6) is 5.75 Å². The van der Waals surface area contributed by atoms with E-state index in [1.807, 2.05) is 0 Å². The van der Waals surface area contributed by atoms with Gasteiger partial charge >= 0.3 is 5.69 Å². The van der Waals surface area contributed by atoms with Crippen LogP contribution in [-0.2, 0) is 0 Å². The SMILES string of the molecule is Cc1cc([N+](=O)[O-])c(O)cc1N. The number of rotatable bonds is 1. The molecule has 0 fully saturated rings. The third-order valence-corrected chi connectivity index (χ3v) is 1.56. The van der Waals surface area contributed by atoms with Gasteiger partial charge in [0, 0.05) is 17.8 Å². The molecule has 0 amide bonds. The molecule has 12 heavy (non-hydrogen) atoms. The Hall–Kier alpha value is -1.78. The van der Waals surface area contributed by atoms with E-state index < -0.39 is 10.7 Å². The van der Waals surface area contributed by atoms with Crippen molar-refractivity contribution in [3.8, 4) is 5.75 Å². The quantitative estimate of drug-likeness (QED) is 0.374. The normalized spacial score (nSPS) is 9.75. The molecule has 1 rings (SSSR count). The number of hydrogen-bond acceptors (Lipinski definition) is 4. The largest absolute Gasteiger partial charge is 0.502 e. The van der Waals surface area contributed by atoms with Crippen molar-refractivity contribution >= 4 is 11.4 Å². The Balaban J connectivity index is 3.33. The van der Waals surface area contributed by atoms with E-state index in [9.17, 15) is 10.1 Å². The molecule has 1 aromatic carbocycles. The molecule has 0 saturated carbocycles. The number of hydrogen-bond donors (Lipinski definition) is 2. The summed E-state index contributed by atoms with van der Waals surface area (Å²) in [5, 5.41) is 19.4. The van der Waals surface area contributed by atoms with Gasteiger partial charge in [-0.05, 0) is 12.5 Å². The summed E-state index contributed by atoms with van der Waals surface area (Å²) in [6, 6.07) is 2.41. The zero-order valence-electron chi connectivity index (χ0n) is 6.44. The van der Waals surface area contributed by atoms with Crippen LogP contribution in [0.3, 0.4) is 0 Å². The summed E-state index contributed by atoms with van der Waals surface area (Å²) in [6.07, 6.45) is 0. The molecule has 0 aliphatic rings. The lowest BCUT2D eigenvalue weighted by molar-refractivity contribution is -0.385. The summed E-state index contributed by atoms with van der Waals surface area (Å²) in [7, 11) is 0. The lowest BCUT2D eigenvalue weighted by atomic mass is 10.2. The third-order valence-electron chi connectivity index (χ3n) is 1.56. The standard InChI is InChI=1S/C7H8N2O3/c1-4-2-6(9(11)12)7(10)3-5(4)8/h2-3,10H,8H2,1H3. The van der Waals surface area contributed by atoms with Gasteiger partial charge in [-0.2, -0.15) is 0 Å². The molecule has 5 heteroatoms. The minimum Gasteiger partial charge on any atom is -0.502 e. The summed E-state index contributed by atoms with van der Waals surface area (Å²) in [5.41, 5.74) is 6.02. The number of nitrogen functional groups attached to an aromatic ring is 1.